The van der Waals surface area contributed by atoms with E-state index in [1.807, 2.05) is 17.6 Å². The first-order valence-electron chi connectivity index (χ1n) is 9.97. The minimum atomic E-state index is -1.35. The van der Waals surface area contributed by atoms with Crippen LogP contribution in [0.2, 0.25) is 0 Å². The highest BCUT2D eigenvalue weighted by Crippen LogP contribution is 2.36. The number of hydrogen-bond acceptors (Lipinski definition) is 5. The van der Waals surface area contributed by atoms with Crippen LogP contribution in [0, 0.1) is 24.4 Å². The molecule has 3 heterocycles. The van der Waals surface area contributed by atoms with Gasteiger partial charge in [-0.05, 0) is 25.1 Å². The Labute approximate surface area is 194 Å². The zero-order chi connectivity index (χ0) is 23.8. The summed E-state index contributed by atoms with van der Waals surface area (Å²) in [5.74, 6) is -3.65. The van der Waals surface area contributed by atoms with Crippen LogP contribution in [0.25, 0.3) is 27.3 Å². The molecule has 0 aliphatic rings. The molecule has 0 saturated heterocycles. The van der Waals surface area contributed by atoms with Gasteiger partial charge in [0.05, 0.1) is 16.9 Å². The standard InChI is InChI=1S/C23H15F3N6OS/c1-12-15(24)10-17(20(26)19(12)25)30-23(33)29-14-4-2-3-13(9-14)21-18(16-5-6-27-11-28-16)22-32(31-21)7-8-34-22/h2-11H,1H3,(H2,29,30,33). The lowest BCUT2D eigenvalue weighted by molar-refractivity contribution is 0.262. The molecule has 2 aromatic carbocycles. The molecule has 0 unspecified atom stereocenters. The van der Waals surface area contributed by atoms with E-state index < -0.39 is 34.7 Å². The first-order valence-corrected chi connectivity index (χ1v) is 10.8. The van der Waals surface area contributed by atoms with E-state index in [0.717, 1.165) is 23.4 Å². The second-order valence-electron chi connectivity index (χ2n) is 7.29. The largest absolute Gasteiger partial charge is 0.323 e. The normalized spacial score (nSPS) is 11.1. The van der Waals surface area contributed by atoms with Gasteiger partial charge in [-0.1, -0.05) is 12.1 Å². The molecule has 0 fully saturated rings. The predicted molar refractivity (Wildman–Crippen MR) is 123 cm³/mol. The molecule has 5 aromatic rings. The number of hydrogen-bond donors (Lipinski definition) is 2. The van der Waals surface area contributed by atoms with E-state index in [0.29, 0.717) is 22.6 Å². The maximum atomic E-state index is 14.1. The van der Waals surface area contributed by atoms with Crippen molar-refractivity contribution in [3.05, 3.63) is 83.5 Å². The zero-order valence-electron chi connectivity index (χ0n) is 17.5. The number of nitrogens with zero attached hydrogens (tertiary/aromatic N) is 4. The second kappa shape index (κ2) is 8.60. The number of aromatic nitrogens is 4. The van der Waals surface area contributed by atoms with Gasteiger partial charge in [0.2, 0.25) is 0 Å². The molecule has 0 bridgehead atoms. The SMILES string of the molecule is Cc1c(F)cc(NC(=O)Nc2cccc(-c3nn4ccsc4c3-c3ccncn3)c2)c(F)c1F. The number of nitrogens with one attached hydrogen (secondary N) is 2. The van der Waals surface area contributed by atoms with Crippen LogP contribution in [0.4, 0.5) is 29.3 Å². The molecule has 0 aliphatic carbocycles. The van der Waals surface area contributed by atoms with Crippen LogP contribution in [-0.2, 0) is 0 Å². The zero-order valence-corrected chi connectivity index (χ0v) is 18.3. The van der Waals surface area contributed by atoms with Crippen LogP contribution in [-0.4, -0.2) is 25.6 Å². The van der Waals surface area contributed by atoms with Crippen LogP contribution in [0.1, 0.15) is 5.56 Å². The second-order valence-corrected chi connectivity index (χ2v) is 8.18. The van der Waals surface area contributed by atoms with E-state index in [9.17, 15) is 18.0 Å². The van der Waals surface area contributed by atoms with E-state index in [2.05, 4.69) is 25.7 Å². The quantitative estimate of drug-likeness (QED) is 0.314. The summed E-state index contributed by atoms with van der Waals surface area (Å²) in [6.07, 6.45) is 4.92. The van der Waals surface area contributed by atoms with E-state index in [4.69, 9.17) is 0 Å². The Hall–Kier alpha value is -4.25. The first kappa shape index (κ1) is 21.6. The van der Waals surface area contributed by atoms with E-state index in [1.165, 1.54) is 17.7 Å². The van der Waals surface area contributed by atoms with Crippen molar-refractivity contribution < 1.29 is 18.0 Å². The van der Waals surface area contributed by atoms with Crippen molar-refractivity contribution in [3.8, 4) is 22.5 Å². The van der Waals surface area contributed by atoms with Crippen LogP contribution in [0.5, 0.6) is 0 Å². The Morgan fingerprint density at radius 2 is 1.94 bits per heavy atom. The van der Waals surface area contributed by atoms with Gasteiger partial charge < -0.3 is 10.6 Å². The molecule has 2 N–H and O–H groups in total. The molecule has 7 nitrogen and oxygen atoms in total. The van der Waals surface area contributed by atoms with Gasteiger partial charge in [-0.2, -0.15) is 5.10 Å². The molecule has 5 rings (SSSR count). The first-order chi connectivity index (χ1) is 16.4. The predicted octanol–water partition coefficient (Wildman–Crippen LogP) is 5.89. The van der Waals surface area contributed by atoms with Crippen molar-refractivity contribution in [2.24, 2.45) is 0 Å². The van der Waals surface area contributed by atoms with Gasteiger partial charge in [-0.15, -0.1) is 11.3 Å². The Balaban J connectivity index is 1.45. The summed E-state index contributed by atoms with van der Waals surface area (Å²) in [4.78, 5) is 21.6. The number of fused-ring (bicyclic) bond motifs is 1. The van der Waals surface area contributed by atoms with Crippen molar-refractivity contribution in [2.45, 2.75) is 6.92 Å². The maximum absolute atomic E-state index is 14.1. The third-order valence-corrected chi connectivity index (χ3v) is 5.99. The third kappa shape index (κ3) is 3.86. The van der Waals surface area contributed by atoms with Gasteiger partial charge in [0, 0.05) is 40.7 Å². The molecule has 0 saturated carbocycles. The monoisotopic (exact) mass is 480 g/mol. The average molecular weight is 480 g/mol. The molecular formula is C23H15F3N6OS. The summed E-state index contributed by atoms with van der Waals surface area (Å²) in [6.45, 7) is 1.11. The average Bonchev–Trinajstić information content (AvgIpc) is 3.43. The summed E-state index contributed by atoms with van der Waals surface area (Å²) in [5, 5.41) is 11.3. The van der Waals surface area contributed by atoms with Crippen LogP contribution in [0.15, 0.2) is 60.5 Å². The summed E-state index contributed by atoms with van der Waals surface area (Å²) in [5.41, 5.74) is 2.15. The Bertz CT molecular complexity index is 1530. The van der Waals surface area contributed by atoms with Crippen LogP contribution < -0.4 is 10.6 Å². The number of carbonyl (C=O) groups excluding carboxylic acids is 1. The fourth-order valence-electron chi connectivity index (χ4n) is 3.46. The van der Waals surface area contributed by atoms with Gasteiger partial charge in [-0.25, -0.2) is 32.4 Å². The van der Waals surface area contributed by atoms with Gasteiger partial charge in [-0.3, -0.25) is 0 Å². The fourth-order valence-corrected chi connectivity index (χ4v) is 4.30. The van der Waals surface area contributed by atoms with Crippen molar-refractivity contribution in [1.82, 2.24) is 19.6 Å². The van der Waals surface area contributed by atoms with E-state index in [1.54, 1.807) is 35.0 Å². The number of amides is 2. The summed E-state index contributed by atoms with van der Waals surface area (Å²) < 4.78 is 43.4. The number of carbonyl (C=O) groups is 1. The third-order valence-electron chi connectivity index (χ3n) is 5.12. The van der Waals surface area contributed by atoms with Gasteiger partial charge in [0.15, 0.2) is 11.6 Å². The van der Waals surface area contributed by atoms with Gasteiger partial charge in [0.1, 0.15) is 22.7 Å². The lowest BCUT2D eigenvalue weighted by atomic mass is 10.1. The van der Waals surface area contributed by atoms with Crippen LogP contribution >= 0.6 is 11.3 Å². The Morgan fingerprint density at radius 3 is 2.74 bits per heavy atom. The minimum absolute atomic E-state index is 0.369. The fraction of sp³-hybridized carbons (Fsp3) is 0.0435. The molecule has 0 aliphatic heterocycles. The molecule has 11 heteroatoms. The smallest absolute Gasteiger partial charge is 0.308 e. The summed E-state index contributed by atoms with van der Waals surface area (Å²) >= 11 is 1.51. The molecule has 170 valence electrons. The van der Waals surface area contributed by atoms with Gasteiger partial charge >= 0.3 is 6.03 Å². The molecule has 2 amide bonds. The van der Waals surface area contributed by atoms with Crippen molar-refractivity contribution in [1.29, 1.82) is 0 Å². The van der Waals surface area contributed by atoms with Gasteiger partial charge in [0.25, 0.3) is 0 Å². The number of anilines is 2. The van der Waals surface area contributed by atoms with Crippen molar-refractivity contribution in [3.63, 3.8) is 0 Å². The lowest BCUT2D eigenvalue weighted by Crippen LogP contribution is -2.20. The summed E-state index contributed by atoms with van der Waals surface area (Å²) in [6, 6.07) is 8.50. The Morgan fingerprint density at radius 1 is 1.09 bits per heavy atom. The van der Waals surface area contributed by atoms with Crippen LogP contribution in [0.3, 0.4) is 0 Å². The molecular weight excluding hydrogens is 465 g/mol. The molecule has 3 aromatic heterocycles. The highest BCUT2D eigenvalue weighted by Gasteiger charge is 2.20. The Kier molecular flexibility index (Phi) is 5.46. The molecule has 34 heavy (non-hydrogen) atoms. The number of rotatable bonds is 4. The number of halogens is 3. The molecule has 0 atom stereocenters. The number of benzene rings is 2. The highest BCUT2D eigenvalue weighted by molar-refractivity contribution is 7.16. The summed E-state index contributed by atoms with van der Waals surface area (Å²) in [7, 11) is 0. The van der Waals surface area contributed by atoms with Crippen molar-refractivity contribution in [2.75, 3.05) is 10.6 Å². The maximum Gasteiger partial charge on any atom is 0.323 e. The molecule has 0 radical (unpaired) electrons. The number of thiazole rings is 1. The lowest BCUT2D eigenvalue weighted by Gasteiger charge is -2.11. The molecule has 0 spiro atoms. The highest BCUT2D eigenvalue weighted by atomic mass is 32.1. The number of urea groups is 1. The topological polar surface area (TPSA) is 84.2 Å². The van der Waals surface area contributed by atoms with Crippen molar-refractivity contribution >= 4 is 33.6 Å². The van der Waals surface area contributed by atoms with E-state index >= 15 is 0 Å². The van der Waals surface area contributed by atoms with E-state index in [-0.39, 0.29) is 0 Å². The minimum Gasteiger partial charge on any atom is -0.308 e.